The highest BCUT2D eigenvalue weighted by molar-refractivity contribution is 5.55. The van der Waals surface area contributed by atoms with Gasteiger partial charge >= 0.3 is 0 Å². The van der Waals surface area contributed by atoms with Gasteiger partial charge in [0.15, 0.2) is 11.5 Å². The second-order valence-electron chi connectivity index (χ2n) is 3.93. The minimum atomic E-state index is 0.185. The number of hydrogen-bond acceptors (Lipinski definition) is 3. The third-order valence-corrected chi connectivity index (χ3v) is 2.88. The number of benzene rings is 1. The zero-order valence-corrected chi connectivity index (χ0v) is 9.79. The Hall–Kier alpha value is -1.22. The van der Waals surface area contributed by atoms with Crippen LogP contribution >= 0.6 is 0 Å². The average Bonchev–Trinajstić information content (AvgIpc) is 2.24. The molecular weight excluding hydrogens is 190 g/mol. The van der Waals surface area contributed by atoms with Crippen molar-refractivity contribution in [2.45, 2.75) is 26.7 Å². The van der Waals surface area contributed by atoms with Crippen molar-refractivity contribution >= 4 is 0 Å². The van der Waals surface area contributed by atoms with Gasteiger partial charge in [-0.1, -0.05) is 13.0 Å². The fourth-order valence-corrected chi connectivity index (χ4v) is 1.61. The molecule has 0 radical (unpaired) electrons. The Morgan fingerprint density at radius 1 is 1.47 bits per heavy atom. The molecule has 15 heavy (non-hydrogen) atoms. The van der Waals surface area contributed by atoms with Gasteiger partial charge in [0.25, 0.3) is 0 Å². The summed E-state index contributed by atoms with van der Waals surface area (Å²) in [5.74, 6) is 0.967. The second kappa shape index (κ2) is 4.53. The van der Waals surface area contributed by atoms with E-state index in [1.165, 1.54) is 0 Å². The molecule has 1 aromatic carbocycles. The molecule has 0 saturated heterocycles. The molecule has 3 heteroatoms. The lowest BCUT2D eigenvalue weighted by atomic mass is 9.95. The summed E-state index contributed by atoms with van der Waals surface area (Å²) < 4.78 is 5.23. The Morgan fingerprint density at radius 3 is 2.53 bits per heavy atom. The topological polar surface area (TPSA) is 55.5 Å². The molecule has 0 aliphatic carbocycles. The number of phenolic OH excluding ortho intramolecular Hbond substituents is 1. The first-order valence-corrected chi connectivity index (χ1v) is 5.10. The fraction of sp³-hybridized carbons (Fsp3) is 0.500. The van der Waals surface area contributed by atoms with E-state index in [0.717, 1.165) is 16.7 Å². The van der Waals surface area contributed by atoms with Crippen molar-refractivity contribution in [1.29, 1.82) is 0 Å². The van der Waals surface area contributed by atoms with Gasteiger partial charge < -0.3 is 15.6 Å². The van der Waals surface area contributed by atoms with E-state index in [4.69, 9.17) is 10.5 Å². The average molecular weight is 209 g/mol. The Balaban J connectivity index is 3.38. The molecule has 0 aliphatic rings. The maximum atomic E-state index is 9.94. The number of aryl methyl sites for hydroxylation is 1. The molecule has 0 aromatic heterocycles. The van der Waals surface area contributed by atoms with E-state index in [1.54, 1.807) is 7.11 Å². The molecule has 1 atom stereocenters. The SMILES string of the molecule is COc1c(C(C)CN)cc(C)c(C)c1O. The second-order valence-corrected chi connectivity index (χ2v) is 3.93. The van der Waals surface area contributed by atoms with Crippen LogP contribution in [0.25, 0.3) is 0 Å². The van der Waals surface area contributed by atoms with Crippen LogP contribution in [-0.4, -0.2) is 18.8 Å². The largest absolute Gasteiger partial charge is 0.504 e. The van der Waals surface area contributed by atoms with Crippen LogP contribution in [0.1, 0.15) is 29.5 Å². The maximum Gasteiger partial charge on any atom is 0.164 e. The summed E-state index contributed by atoms with van der Waals surface area (Å²) in [5.41, 5.74) is 8.52. The van der Waals surface area contributed by atoms with Crippen LogP contribution in [0.15, 0.2) is 6.07 Å². The predicted octanol–water partition coefficient (Wildman–Crippen LogP) is 2.08. The van der Waals surface area contributed by atoms with E-state index in [9.17, 15) is 5.11 Å². The monoisotopic (exact) mass is 209 g/mol. The zero-order chi connectivity index (χ0) is 11.6. The molecule has 1 rings (SSSR count). The minimum Gasteiger partial charge on any atom is -0.504 e. The number of ether oxygens (including phenoxy) is 1. The summed E-state index contributed by atoms with van der Waals surface area (Å²) in [6.07, 6.45) is 0. The van der Waals surface area contributed by atoms with Gasteiger partial charge in [-0.3, -0.25) is 0 Å². The summed E-state index contributed by atoms with van der Waals surface area (Å²) in [6.45, 7) is 6.41. The normalized spacial score (nSPS) is 12.6. The third kappa shape index (κ3) is 2.07. The summed E-state index contributed by atoms with van der Waals surface area (Å²) in [4.78, 5) is 0. The van der Waals surface area contributed by atoms with Gasteiger partial charge in [-0.25, -0.2) is 0 Å². The molecular formula is C12H19NO2. The lowest BCUT2D eigenvalue weighted by Crippen LogP contribution is -2.10. The molecule has 0 bridgehead atoms. The zero-order valence-electron chi connectivity index (χ0n) is 9.79. The van der Waals surface area contributed by atoms with Crippen LogP contribution in [-0.2, 0) is 0 Å². The first kappa shape index (κ1) is 11.9. The van der Waals surface area contributed by atoms with Crippen molar-refractivity contribution in [1.82, 2.24) is 0 Å². The minimum absolute atomic E-state index is 0.185. The molecule has 3 nitrogen and oxygen atoms in total. The molecule has 1 aromatic rings. The summed E-state index contributed by atoms with van der Waals surface area (Å²) in [5, 5.41) is 9.94. The number of methoxy groups -OCH3 is 1. The van der Waals surface area contributed by atoms with Gasteiger partial charge in [0, 0.05) is 5.56 Å². The van der Waals surface area contributed by atoms with E-state index < -0.39 is 0 Å². The molecule has 0 aliphatic heterocycles. The van der Waals surface area contributed by atoms with Crippen molar-refractivity contribution in [2.24, 2.45) is 5.73 Å². The molecule has 0 saturated carbocycles. The van der Waals surface area contributed by atoms with E-state index in [1.807, 2.05) is 26.8 Å². The Bertz CT molecular complexity index is 361. The molecule has 0 amide bonds. The molecule has 84 valence electrons. The number of nitrogens with two attached hydrogens (primary N) is 1. The van der Waals surface area contributed by atoms with Crippen LogP contribution in [0.5, 0.6) is 11.5 Å². The highest BCUT2D eigenvalue weighted by Gasteiger charge is 2.17. The van der Waals surface area contributed by atoms with Gasteiger partial charge in [-0.05, 0) is 37.4 Å². The third-order valence-electron chi connectivity index (χ3n) is 2.88. The van der Waals surface area contributed by atoms with Crippen molar-refractivity contribution in [2.75, 3.05) is 13.7 Å². The van der Waals surface area contributed by atoms with Crippen molar-refractivity contribution < 1.29 is 9.84 Å². The van der Waals surface area contributed by atoms with Crippen molar-refractivity contribution in [3.05, 3.63) is 22.8 Å². The smallest absolute Gasteiger partial charge is 0.164 e. The highest BCUT2D eigenvalue weighted by Crippen LogP contribution is 2.38. The standard InChI is InChI=1S/C12H19NO2/c1-7-5-10(8(2)6-13)12(15-4)11(14)9(7)3/h5,8,14H,6,13H2,1-4H3. The quantitative estimate of drug-likeness (QED) is 0.801. The van der Waals surface area contributed by atoms with Crippen LogP contribution in [0.2, 0.25) is 0 Å². The lowest BCUT2D eigenvalue weighted by molar-refractivity contribution is 0.365. The summed E-state index contributed by atoms with van der Waals surface area (Å²) >= 11 is 0. The predicted molar refractivity (Wildman–Crippen MR) is 61.6 cm³/mol. The molecule has 1 unspecified atom stereocenters. The van der Waals surface area contributed by atoms with Gasteiger partial charge in [0.05, 0.1) is 7.11 Å². The van der Waals surface area contributed by atoms with E-state index in [-0.39, 0.29) is 11.7 Å². The lowest BCUT2D eigenvalue weighted by Gasteiger charge is -2.18. The number of hydrogen-bond donors (Lipinski definition) is 2. The Morgan fingerprint density at radius 2 is 2.07 bits per heavy atom. The fourth-order valence-electron chi connectivity index (χ4n) is 1.61. The number of rotatable bonds is 3. The van der Waals surface area contributed by atoms with Gasteiger partial charge in [0.1, 0.15) is 0 Å². The Labute approximate surface area is 90.9 Å². The molecule has 0 heterocycles. The number of phenols is 1. The van der Waals surface area contributed by atoms with Crippen LogP contribution < -0.4 is 10.5 Å². The van der Waals surface area contributed by atoms with Gasteiger partial charge in [-0.2, -0.15) is 0 Å². The van der Waals surface area contributed by atoms with Crippen LogP contribution in [0, 0.1) is 13.8 Å². The van der Waals surface area contributed by atoms with E-state index >= 15 is 0 Å². The van der Waals surface area contributed by atoms with E-state index in [0.29, 0.717) is 12.3 Å². The first-order chi connectivity index (χ1) is 7.02. The summed E-state index contributed by atoms with van der Waals surface area (Å²) in [7, 11) is 1.57. The van der Waals surface area contributed by atoms with Crippen molar-refractivity contribution in [3.63, 3.8) is 0 Å². The van der Waals surface area contributed by atoms with E-state index in [2.05, 4.69) is 0 Å². The Kier molecular flexibility index (Phi) is 3.58. The molecule has 0 spiro atoms. The number of aromatic hydroxyl groups is 1. The van der Waals surface area contributed by atoms with Gasteiger partial charge in [0.2, 0.25) is 0 Å². The van der Waals surface area contributed by atoms with Crippen LogP contribution in [0.4, 0.5) is 0 Å². The van der Waals surface area contributed by atoms with Gasteiger partial charge in [-0.15, -0.1) is 0 Å². The van der Waals surface area contributed by atoms with Crippen molar-refractivity contribution in [3.8, 4) is 11.5 Å². The molecule has 3 N–H and O–H groups in total. The summed E-state index contributed by atoms with van der Waals surface area (Å²) in [6, 6.07) is 2.03. The first-order valence-electron chi connectivity index (χ1n) is 5.10. The highest BCUT2D eigenvalue weighted by atomic mass is 16.5. The van der Waals surface area contributed by atoms with Crippen LogP contribution in [0.3, 0.4) is 0 Å². The molecule has 0 fully saturated rings. The maximum absolute atomic E-state index is 9.94.